The Labute approximate surface area is 192 Å². The molecule has 1 atom stereocenters. The lowest BCUT2D eigenvalue weighted by molar-refractivity contribution is 0.0557. The first-order valence-corrected chi connectivity index (χ1v) is 14.3. The van der Waals surface area contributed by atoms with Crippen LogP contribution in [0.1, 0.15) is 169 Å². The molecule has 0 fully saturated rings. The van der Waals surface area contributed by atoms with Gasteiger partial charge in [-0.2, -0.15) is 0 Å². The lowest BCUT2D eigenvalue weighted by atomic mass is 10.0. The van der Waals surface area contributed by atoms with Crippen LogP contribution in [0.25, 0.3) is 0 Å². The molecule has 0 spiro atoms. The van der Waals surface area contributed by atoms with Crippen LogP contribution >= 0.6 is 0 Å². The van der Waals surface area contributed by atoms with Gasteiger partial charge in [-0.1, -0.05) is 149 Å². The summed E-state index contributed by atoms with van der Waals surface area (Å²) in [5.41, 5.74) is 0. The van der Waals surface area contributed by atoms with Crippen molar-refractivity contribution in [3.63, 3.8) is 0 Å². The highest BCUT2D eigenvalue weighted by Crippen LogP contribution is 2.15. The van der Waals surface area contributed by atoms with Crippen LogP contribution in [0.4, 0.5) is 0 Å². The number of hydrogen-bond acceptors (Lipinski definition) is 1. The minimum atomic E-state index is 0.469. The molecule has 0 aromatic carbocycles. The van der Waals surface area contributed by atoms with Crippen molar-refractivity contribution in [1.29, 1.82) is 0 Å². The molecule has 0 heterocycles. The van der Waals surface area contributed by atoms with Gasteiger partial charge in [-0.05, 0) is 25.7 Å². The number of rotatable bonds is 25. The van der Waals surface area contributed by atoms with Crippen molar-refractivity contribution < 1.29 is 4.74 Å². The fraction of sp³-hybridized carbons (Fsp3) is 1.00. The Morgan fingerprint density at radius 1 is 0.433 bits per heavy atom. The van der Waals surface area contributed by atoms with Crippen LogP contribution in [-0.2, 0) is 4.74 Å². The van der Waals surface area contributed by atoms with Crippen molar-refractivity contribution in [1.82, 2.24) is 0 Å². The summed E-state index contributed by atoms with van der Waals surface area (Å²) in [4.78, 5) is 0. The van der Waals surface area contributed by atoms with Crippen LogP contribution in [0.5, 0.6) is 0 Å². The van der Waals surface area contributed by atoms with Gasteiger partial charge in [0.2, 0.25) is 0 Å². The zero-order chi connectivity index (χ0) is 22.1. The van der Waals surface area contributed by atoms with Crippen LogP contribution in [0.3, 0.4) is 0 Å². The SMILES string of the molecule is CCCCCCCC(C)OCCCCCCCCCCCCCCCCCC(C)C. The molecule has 0 radical (unpaired) electrons. The molecule has 0 N–H and O–H groups in total. The summed E-state index contributed by atoms with van der Waals surface area (Å²) in [5.74, 6) is 0.891. The maximum absolute atomic E-state index is 5.98. The van der Waals surface area contributed by atoms with Crippen molar-refractivity contribution in [2.45, 2.75) is 175 Å². The largest absolute Gasteiger partial charge is 0.379 e. The van der Waals surface area contributed by atoms with Crippen molar-refractivity contribution >= 4 is 0 Å². The topological polar surface area (TPSA) is 9.23 Å². The predicted molar refractivity (Wildman–Crippen MR) is 138 cm³/mol. The van der Waals surface area contributed by atoms with E-state index >= 15 is 0 Å². The van der Waals surface area contributed by atoms with Gasteiger partial charge in [0.15, 0.2) is 0 Å². The highest BCUT2D eigenvalue weighted by Gasteiger charge is 2.02. The summed E-state index contributed by atoms with van der Waals surface area (Å²) < 4.78 is 5.98. The van der Waals surface area contributed by atoms with E-state index < -0.39 is 0 Å². The molecule has 1 heteroatoms. The first-order valence-electron chi connectivity index (χ1n) is 14.3. The summed E-state index contributed by atoms with van der Waals surface area (Å²) >= 11 is 0. The van der Waals surface area contributed by atoms with Gasteiger partial charge >= 0.3 is 0 Å². The highest BCUT2D eigenvalue weighted by molar-refractivity contribution is 4.54. The molecule has 0 aliphatic heterocycles. The molecule has 0 aliphatic carbocycles. The smallest absolute Gasteiger partial charge is 0.0547 e. The molecule has 0 saturated heterocycles. The third-order valence-corrected chi connectivity index (χ3v) is 6.54. The van der Waals surface area contributed by atoms with Gasteiger partial charge in [0.25, 0.3) is 0 Å². The fourth-order valence-corrected chi connectivity index (χ4v) is 4.36. The Kier molecular flexibility index (Phi) is 25.2. The average molecular weight is 425 g/mol. The van der Waals surface area contributed by atoms with Gasteiger partial charge in [0.05, 0.1) is 6.10 Å². The van der Waals surface area contributed by atoms with E-state index in [1.165, 1.54) is 141 Å². The second kappa shape index (κ2) is 25.2. The summed E-state index contributed by atoms with van der Waals surface area (Å²) in [5, 5.41) is 0. The summed E-state index contributed by atoms with van der Waals surface area (Å²) in [6, 6.07) is 0. The zero-order valence-corrected chi connectivity index (χ0v) is 21.8. The standard InChI is InChI=1S/C29H60O/c1-5-6-7-19-23-26-29(4)30-27-24-21-18-16-14-12-10-8-9-11-13-15-17-20-22-25-28(2)3/h28-29H,5-27H2,1-4H3. The van der Waals surface area contributed by atoms with E-state index in [2.05, 4.69) is 27.7 Å². The molecule has 0 aromatic rings. The van der Waals surface area contributed by atoms with Gasteiger partial charge in [0, 0.05) is 6.61 Å². The van der Waals surface area contributed by atoms with Crippen LogP contribution in [0, 0.1) is 5.92 Å². The molecule has 182 valence electrons. The molecule has 0 saturated carbocycles. The second-order valence-corrected chi connectivity index (χ2v) is 10.4. The van der Waals surface area contributed by atoms with Crippen molar-refractivity contribution in [3.05, 3.63) is 0 Å². The van der Waals surface area contributed by atoms with Gasteiger partial charge in [0.1, 0.15) is 0 Å². The normalized spacial score (nSPS) is 12.7. The van der Waals surface area contributed by atoms with Crippen LogP contribution in [0.2, 0.25) is 0 Å². The molecule has 1 nitrogen and oxygen atoms in total. The summed E-state index contributed by atoms with van der Waals surface area (Å²) in [6.45, 7) is 10.2. The van der Waals surface area contributed by atoms with Gasteiger partial charge in [-0.15, -0.1) is 0 Å². The minimum absolute atomic E-state index is 0.469. The van der Waals surface area contributed by atoms with Crippen LogP contribution in [0.15, 0.2) is 0 Å². The minimum Gasteiger partial charge on any atom is -0.379 e. The van der Waals surface area contributed by atoms with E-state index in [1.54, 1.807) is 0 Å². The molecular formula is C29H60O. The Morgan fingerprint density at radius 3 is 1.23 bits per heavy atom. The Bertz CT molecular complexity index is 299. The fourth-order valence-electron chi connectivity index (χ4n) is 4.36. The monoisotopic (exact) mass is 424 g/mol. The molecule has 1 unspecified atom stereocenters. The van der Waals surface area contributed by atoms with E-state index in [9.17, 15) is 0 Å². The maximum atomic E-state index is 5.98. The van der Waals surface area contributed by atoms with E-state index in [0.717, 1.165) is 12.5 Å². The van der Waals surface area contributed by atoms with E-state index in [-0.39, 0.29) is 0 Å². The van der Waals surface area contributed by atoms with E-state index in [0.29, 0.717) is 6.10 Å². The Morgan fingerprint density at radius 2 is 0.800 bits per heavy atom. The molecule has 0 bridgehead atoms. The third-order valence-electron chi connectivity index (χ3n) is 6.54. The predicted octanol–water partition coefficient (Wildman–Crippen LogP) is 10.6. The Hall–Kier alpha value is -0.0400. The Balaban J connectivity index is 3.09. The summed E-state index contributed by atoms with van der Waals surface area (Å²) in [6.07, 6.45) is 31.6. The lowest BCUT2D eigenvalue weighted by Gasteiger charge is -2.12. The van der Waals surface area contributed by atoms with E-state index in [4.69, 9.17) is 4.74 Å². The average Bonchev–Trinajstić information content (AvgIpc) is 2.72. The molecule has 30 heavy (non-hydrogen) atoms. The van der Waals surface area contributed by atoms with Gasteiger partial charge < -0.3 is 4.74 Å². The summed E-state index contributed by atoms with van der Waals surface area (Å²) in [7, 11) is 0. The molecule has 0 rings (SSSR count). The lowest BCUT2D eigenvalue weighted by Crippen LogP contribution is -2.09. The number of hydrogen-bond donors (Lipinski definition) is 0. The van der Waals surface area contributed by atoms with E-state index in [1.807, 2.05) is 0 Å². The van der Waals surface area contributed by atoms with Crippen LogP contribution < -0.4 is 0 Å². The first kappa shape index (κ1) is 30.0. The highest BCUT2D eigenvalue weighted by atomic mass is 16.5. The molecule has 0 aliphatic rings. The number of unbranched alkanes of at least 4 members (excludes halogenated alkanes) is 18. The van der Waals surface area contributed by atoms with Crippen molar-refractivity contribution in [2.24, 2.45) is 5.92 Å². The molecule has 0 aromatic heterocycles. The molecule has 0 amide bonds. The molecular weight excluding hydrogens is 364 g/mol. The maximum Gasteiger partial charge on any atom is 0.0547 e. The zero-order valence-electron chi connectivity index (χ0n) is 21.8. The second-order valence-electron chi connectivity index (χ2n) is 10.4. The van der Waals surface area contributed by atoms with Gasteiger partial charge in [-0.3, -0.25) is 0 Å². The number of ether oxygens (including phenoxy) is 1. The first-order chi connectivity index (χ1) is 14.7. The van der Waals surface area contributed by atoms with Gasteiger partial charge in [-0.25, -0.2) is 0 Å². The third kappa shape index (κ3) is 26.0. The van der Waals surface area contributed by atoms with Crippen LogP contribution in [-0.4, -0.2) is 12.7 Å². The van der Waals surface area contributed by atoms with Crippen molar-refractivity contribution in [3.8, 4) is 0 Å². The quantitative estimate of drug-likeness (QED) is 0.132. The van der Waals surface area contributed by atoms with Crippen molar-refractivity contribution in [2.75, 3.05) is 6.61 Å².